The number of nitro groups is 1. The van der Waals surface area contributed by atoms with Crippen LogP contribution in [0, 0.1) is 22.5 Å². The summed E-state index contributed by atoms with van der Waals surface area (Å²) in [5, 5.41) is 22.6. The molecule has 0 aliphatic rings. The highest BCUT2D eigenvalue weighted by atomic mass is 32.2. The molecule has 0 unspecified atom stereocenters. The van der Waals surface area contributed by atoms with Gasteiger partial charge in [0.1, 0.15) is 11.3 Å². The minimum absolute atomic E-state index is 0.160. The molecule has 100 valence electrons. The predicted octanol–water partition coefficient (Wildman–Crippen LogP) is 1.40. The molecule has 7 heteroatoms. The number of terminal acetylenes is 1. The van der Waals surface area contributed by atoms with Gasteiger partial charge in [0.25, 0.3) is 11.6 Å². The van der Waals surface area contributed by atoms with Crippen LogP contribution < -0.4 is 5.32 Å². The Morgan fingerprint density at radius 3 is 2.95 bits per heavy atom. The number of nitrogens with zero attached hydrogens (tertiary/aromatic N) is 1. The van der Waals surface area contributed by atoms with E-state index in [1.807, 2.05) is 0 Å². The molecule has 0 radical (unpaired) electrons. The van der Waals surface area contributed by atoms with Crippen LogP contribution in [0.4, 0.5) is 5.69 Å². The molecule has 0 aliphatic carbocycles. The van der Waals surface area contributed by atoms with Gasteiger partial charge in [0.05, 0.1) is 10.7 Å². The molecule has 1 aromatic carbocycles. The summed E-state index contributed by atoms with van der Waals surface area (Å²) in [6.07, 6.45) is 5.07. The highest BCUT2D eigenvalue weighted by Crippen LogP contribution is 2.23. The Hall–Kier alpha value is -2.20. The number of carbonyl (C=O) groups excluding carboxylic acids is 1. The summed E-state index contributed by atoms with van der Waals surface area (Å²) in [4.78, 5) is 21.9. The van der Waals surface area contributed by atoms with Gasteiger partial charge in [0.2, 0.25) is 0 Å². The fraction of sp³-hybridized carbons (Fsp3) is 0.250. The maximum Gasteiger partial charge on any atom is 0.282 e. The van der Waals surface area contributed by atoms with Crippen LogP contribution in [0.3, 0.4) is 0 Å². The van der Waals surface area contributed by atoms with Gasteiger partial charge >= 0.3 is 0 Å². The van der Waals surface area contributed by atoms with Crippen molar-refractivity contribution in [3.05, 3.63) is 33.9 Å². The van der Waals surface area contributed by atoms with Crippen molar-refractivity contribution >= 4 is 23.4 Å². The molecule has 0 spiro atoms. The standard InChI is InChI=1S/C12H12N2O4S/c1-2-6-19-7-5-13-12(16)10-8-9(15)3-4-11(10)14(17)18/h1,3-4,8,15H,5-7H2,(H,13,16). The second-order valence-electron chi connectivity index (χ2n) is 3.47. The molecular formula is C12H12N2O4S. The van der Waals surface area contributed by atoms with Crippen molar-refractivity contribution in [2.24, 2.45) is 0 Å². The van der Waals surface area contributed by atoms with Gasteiger partial charge in [-0.2, -0.15) is 0 Å². The van der Waals surface area contributed by atoms with E-state index in [0.717, 1.165) is 18.2 Å². The second-order valence-corrected chi connectivity index (χ2v) is 4.58. The molecule has 19 heavy (non-hydrogen) atoms. The van der Waals surface area contributed by atoms with E-state index in [2.05, 4.69) is 11.2 Å². The van der Waals surface area contributed by atoms with E-state index in [1.165, 1.54) is 11.8 Å². The average Bonchev–Trinajstić information content (AvgIpc) is 2.37. The smallest absolute Gasteiger partial charge is 0.282 e. The average molecular weight is 280 g/mol. The zero-order chi connectivity index (χ0) is 14.3. The van der Waals surface area contributed by atoms with Crippen LogP contribution in [-0.2, 0) is 0 Å². The van der Waals surface area contributed by atoms with E-state index in [4.69, 9.17) is 6.42 Å². The normalized spacial score (nSPS) is 9.63. The molecule has 6 nitrogen and oxygen atoms in total. The van der Waals surface area contributed by atoms with Gasteiger partial charge in [-0.3, -0.25) is 14.9 Å². The molecule has 0 bridgehead atoms. The molecule has 1 aromatic rings. The number of hydrogen-bond acceptors (Lipinski definition) is 5. The zero-order valence-electron chi connectivity index (χ0n) is 9.96. The number of thioether (sulfide) groups is 1. The lowest BCUT2D eigenvalue weighted by Gasteiger charge is -2.05. The summed E-state index contributed by atoms with van der Waals surface area (Å²) in [6.45, 7) is 0.345. The lowest BCUT2D eigenvalue weighted by atomic mass is 10.1. The summed E-state index contributed by atoms with van der Waals surface area (Å²) >= 11 is 1.47. The summed E-state index contributed by atoms with van der Waals surface area (Å²) in [5.74, 6) is 2.81. The monoisotopic (exact) mass is 280 g/mol. The summed E-state index contributed by atoms with van der Waals surface area (Å²) in [6, 6.07) is 3.33. The molecule has 2 N–H and O–H groups in total. The molecule has 0 aliphatic heterocycles. The molecule has 0 atom stereocenters. The Bertz CT molecular complexity index is 525. The van der Waals surface area contributed by atoms with E-state index in [0.29, 0.717) is 18.1 Å². The topological polar surface area (TPSA) is 92.5 Å². The van der Waals surface area contributed by atoms with E-state index >= 15 is 0 Å². The van der Waals surface area contributed by atoms with Gasteiger partial charge in [-0.05, 0) is 12.1 Å². The van der Waals surface area contributed by atoms with Crippen LogP contribution in [0.25, 0.3) is 0 Å². The van der Waals surface area contributed by atoms with Gasteiger partial charge < -0.3 is 10.4 Å². The number of rotatable bonds is 6. The van der Waals surface area contributed by atoms with Crippen molar-refractivity contribution in [3.8, 4) is 18.1 Å². The minimum Gasteiger partial charge on any atom is -0.508 e. The van der Waals surface area contributed by atoms with Crippen molar-refractivity contribution in [2.45, 2.75) is 0 Å². The third-order valence-corrected chi connectivity index (χ3v) is 3.00. The number of phenolic OH excluding ortho intramolecular Hbond substituents is 1. The lowest BCUT2D eigenvalue weighted by Crippen LogP contribution is -2.26. The Balaban J connectivity index is 2.68. The van der Waals surface area contributed by atoms with E-state index in [9.17, 15) is 20.0 Å². The number of carbonyl (C=O) groups is 1. The lowest BCUT2D eigenvalue weighted by molar-refractivity contribution is -0.385. The van der Waals surface area contributed by atoms with Crippen molar-refractivity contribution in [1.29, 1.82) is 0 Å². The van der Waals surface area contributed by atoms with Crippen LogP contribution in [0.15, 0.2) is 18.2 Å². The second kappa shape index (κ2) is 7.28. The molecule has 0 fully saturated rings. The quantitative estimate of drug-likeness (QED) is 0.355. The molecule has 1 amide bonds. The third-order valence-electron chi connectivity index (χ3n) is 2.14. The molecule has 0 aromatic heterocycles. The predicted molar refractivity (Wildman–Crippen MR) is 73.3 cm³/mol. The summed E-state index contributed by atoms with van der Waals surface area (Å²) in [7, 11) is 0. The minimum atomic E-state index is -0.665. The van der Waals surface area contributed by atoms with Crippen LogP contribution >= 0.6 is 11.8 Å². The van der Waals surface area contributed by atoms with Crippen molar-refractivity contribution < 1.29 is 14.8 Å². The maximum atomic E-state index is 11.8. The first-order chi connectivity index (χ1) is 9.06. The number of nitro benzene ring substituents is 1. The van der Waals surface area contributed by atoms with Crippen LogP contribution in [0.1, 0.15) is 10.4 Å². The third kappa shape index (κ3) is 4.52. The number of phenols is 1. The molecule has 0 saturated heterocycles. The Morgan fingerprint density at radius 1 is 1.58 bits per heavy atom. The first-order valence-corrected chi connectivity index (χ1v) is 6.48. The van der Waals surface area contributed by atoms with E-state index in [1.54, 1.807) is 0 Å². The summed E-state index contributed by atoms with van der Waals surface area (Å²) < 4.78 is 0. The first kappa shape index (κ1) is 14.9. The molecule has 1 rings (SSSR count). The van der Waals surface area contributed by atoms with E-state index in [-0.39, 0.29) is 17.0 Å². The first-order valence-electron chi connectivity index (χ1n) is 5.33. The Labute approximate surface area is 114 Å². The summed E-state index contributed by atoms with van der Waals surface area (Å²) in [5.41, 5.74) is -0.501. The number of amides is 1. The van der Waals surface area contributed by atoms with E-state index < -0.39 is 10.8 Å². The highest BCUT2D eigenvalue weighted by molar-refractivity contribution is 7.99. The van der Waals surface area contributed by atoms with Crippen LogP contribution in [0.5, 0.6) is 5.75 Å². The fourth-order valence-electron chi connectivity index (χ4n) is 1.33. The fourth-order valence-corrected chi connectivity index (χ4v) is 1.84. The maximum absolute atomic E-state index is 11.8. The number of aromatic hydroxyl groups is 1. The molecular weight excluding hydrogens is 268 g/mol. The molecule has 0 saturated carbocycles. The van der Waals surface area contributed by atoms with Gasteiger partial charge in [-0.1, -0.05) is 5.92 Å². The Morgan fingerprint density at radius 2 is 2.32 bits per heavy atom. The van der Waals surface area contributed by atoms with Crippen molar-refractivity contribution in [1.82, 2.24) is 5.32 Å². The van der Waals surface area contributed by atoms with Crippen molar-refractivity contribution in [3.63, 3.8) is 0 Å². The number of benzene rings is 1. The number of hydrogen-bond donors (Lipinski definition) is 2. The van der Waals surface area contributed by atoms with Gasteiger partial charge in [-0.25, -0.2) is 0 Å². The largest absolute Gasteiger partial charge is 0.508 e. The zero-order valence-corrected chi connectivity index (χ0v) is 10.8. The van der Waals surface area contributed by atoms with Gasteiger partial charge in [0, 0.05) is 18.4 Å². The van der Waals surface area contributed by atoms with Gasteiger partial charge in [0.15, 0.2) is 0 Å². The van der Waals surface area contributed by atoms with Crippen LogP contribution in [0.2, 0.25) is 0 Å². The SMILES string of the molecule is C#CCSCCNC(=O)c1cc(O)ccc1[N+](=O)[O-]. The molecule has 0 heterocycles. The Kier molecular flexibility index (Phi) is 5.70. The van der Waals surface area contributed by atoms with Gasteiger partial charge in [-0.15, -0.1) is 18.2 Å². The number of nitrogens with one attached hydrogen (secondary N) is 1. The van der Waals surface area contributed by atoms with Crippen LogP contribution in [-0.4, -0.2) is 34.0 Å². The van der Waals surface area contributed by atoms with Crippen molar-refractivity contribution in [2.75, 3.05) is 18.1 Å². The highest BCUT2D eigenvalue weighted by Gasteiger charge is 2.20.